The number of amides is 1. The van der Waals surface area contributed by atoms with Crippen LogP contribution in [0.5, 0.6) is 0 Å². The molecule has 1 aromatic heterocycles. The quantitative estimate of drug-likeness (QED) is 0.734. The molecular weight excluding hydrogens is 300 g/mol. The van der Waals surface area contributed by atoms with Crippen LogP contribution in [0, 0.1) is 19.8 Å². The van der Waals surface area contributed by atoms with Gasteiger partial charge in [0.25, 0.3) is 0 Å². The summed E-state index contributed by atoms with van der Waals surface area (Å²) in [5.74, 6) is 0.623. The van der Waals surface area contributed by atoms with Gasteiger partial charge in [0, 0.05) is 44.3 Å². The molecule has 1 aliphatic rings. The molecular formula is C19H34N4O. The van der Waals surface area contributed by atoms with Gasteiger partial charge in [-0.05, 0) is 32.8 Å². The van der Waals surface area contributed by atoms with Gasteiger partial charge in [-0.3, -0.25) is 14.4 Å². The van der Waals surface area contributed by atoms with E-state index < -0.39 is 0 Å². The Balaban J connectivity index is 1.78. The highest BCUT2D eigenvalue weighted by atomic mass is 16.2. The van der Waals surface area contributed by atoms with E-state index in [4.69, 9.17) is 0 Å². The van der Waals surface area contributed by atoms with Gasteiger partial charge >= 0.3 is 0 Å². The Morgan fingerprint density at radius 3 is 2.21 bits per heavy atom. The number of rotatable bonds is 8. The molecule has 0 spiro atoms. The molecule has 1 aromatic rings. The van der Waals surface area contributed by atoms with Crippen LogP contribution in [0.15, 0.2) is 6.07 Å². The number of nitrogens with zero attached hydrogens (tertiary/aromatic N) is 4. The first-order chi connectivity index (χ1) is 11.5. The molecule has 0 aliphatic carbocycles. The monoisotopic (exact) mass is 334 g/mol. The maximum absolute atomic E-state index is 12.7. The summed E-state index contributed by atoms with van der Waals surface area (Å²) in [6, 6.07) is 2.12. The van der Waals surface area contributed by atoms with Crippen molar-refractivity contribution in [3.63, 3.8) is 0 Å². The maximum Gasteiger partial charge on any atom is 0.225 e. The number of hydrogen-bond donors (Lipinski definition) is 0. The smallest absolute Gasteiger partial charge is 0.225 e. The zero-order chi connectivity index (χ0) is 17.5. The first-order valence-corrected chi connectivity index (χ1v) is 9.57. The average molecular weight is 335 g/mol. The molecule has 0 bridgehead atoms. The standard InChI is InChI=1S/C19H34N4O/c1-5-7-18(8-6-2)19(24)22-12-9-21(10-13-22)11-14-23-17(4)15-16(3)20-23/h15,18H,5-14H2,1-4H3. The van der Waals surface area contributed by atoms with Crippen molar-refractivity contribution < 1.29 is 4.79 Å². The predicted octanol–water partition coefficient (Wildman–Crippen LogP) is 2.86. The van der Waals surface area contributed by atoms with Gasteiger partial charge in [0.15, 0.2) is 0 Å². The van der Waals surface area contributed by atoms with Crippen molar-refractivity contribution >= 4 is 5.91 Å². The van der Waals surface area contributed by atoms with Crippen LogP contribution in [0.25, 0.3) is 0 Å². The molecule has 1 amide bonds. The molecule has 5 heteroatoms. The summed E-state index contributed by atoms with van der Waals surface area (Å²) in [6.07, 6.45) is 4.26. The van der Waals surface area contributed by atoms with E-state index in [0.717, 1.165) is 70.6 Å². The Hall–Kier alpha value is -1.36. The molecule has 1 saturated heterocycles. The van der Waals surface area contributed by atoms with Crippen molar-refractivity contribution in [2.24, 2.45) is 5.92 Å². The Bertz CT molecular complexity index is 511. The minimum Gasteiger partial charge on any atom is -0.340 e. The Morgan fingerprint density at radius 1 is 1.08 bits per heavy atom. The Labute approximate surface area is 147 Å². The Morgan fingerprint density at radius 2 is 1.71 bits per heavy atom. The third-order valence-electron chi connectivity index (χ3n) is 5.04. The molecule has 2 rings (SSSR count). The van der Waals surface area contributed by atoms with Crippen molar-refractivity contribution in [2.75, 3.05) is 32.7 Å². The van der Waals surface area contributed by atoms with E-state index >= 15 is 0 Å². The first kappa shape index (κ1) is 19.0. The minimum atomic E-state index is 0.237. The molecule has 5 nitrogen and oxygen atoms in total. The summed E-state index contributed by atoms with van der Waals surface area (Å²) >= 11 is 0. The summed E-state index contributed by atoms with van der Waals surface area (Å²) in [6.45, 7) is 14.2. The SMILES string of the molecule is CCCC(CCC)C(=O)N1CCN(CCn2nc(C)cc2C)CC1. The molecule has 0 aromatic carbocycles. The fraction of sp³-hybridized carbons (Fsp3) is 0.789. The second-order valence-electron chi connectivity index (χ2n) is 7.09. The molecule has 136 valence electrons. The molecule has 0 N–H and O–H groups in total. The summed E-state index contributed by atoms with van der Waals surface area (Å²) in [7, 11) is 0. The van der Waals surface area contributed by atoms with Crippen LogP contribution in [-0.2, 0) is 11.3 Å². The lowest BCUT2D eigenvalue weighted by Crippen LogP contribution is -2.50. The van der Waals surface area contributed by atoms with E-state index in [1.165, 1.54) is 5.69 Å². The number of aromatic nitrogens is 2. The van der Waals surface area contributed by atoms with Crippen LogP contribution in [0.2, 0.25) is 0 Å². The van der Waals surface area contributed by atoms with Crippen molar-refractivity contribution in [1.29, 1.82) is 0 Å². The van der Waals surface area contributed by atoms with Gasteiger partial charge in [0.1, 0.15) is 0 Å². The van der Waals surface area contributed by atoms with Gasteiger partial charge in [-0.25, -0.2) is 0 Å². The zero-order valence-corrected chi connectivity index (χ0v) is 15.9. The minimum absolute atomic E-state index is 0.237. The van der Waals surface area contributed by atoms with E-state index in [1.54, 1.807) is 0 Å². The van der Waals surface area contributed by atoms with Crippen molar-refractivity contribution in [2.45, 2.75) is 59.9 Å². The lowest BCUT2D eigenvalue weighted by atomic mass is 9.96. The number of hydrogen-bond acceptors (Lipinski definition) is 3. The lowest BCUT2D eigenvalue weighted by molar-refractivity contribution is -0.137. The van der Waals surface area contributed by atoms with E-state index in [1.807, 2.05) is 6.92 Å². The molecule has 0 saturated carbocycles. The maximum atomic E-state index is 12.7. The van der Waals surface area contributed by atoms with Gasteiger partial charge in [0.05, 0.1) is 12.2 Å². The van der Waals surface area contributed by atoms with E-state index in [2.05, 4.69) is 46.4 Å². The predicted molar refractivity (Wildman–Crippen MR) is 98.0 cm³/mol. The summed E-state index contributed by atoms with van der Waals surface area (Å²) in [5.41, 5.74) is 2.31. The molecule has 1 fully saturated rings. The average Bonchev–Trinajstić information content (AvgIpc) is 2.90. The molecule has 0 unspecified atom stereocenters. The molecule has 24 heavy (non-hydrogen) atoms. The Kier molecular flexibility index (Phi) is 7.28. The van der Waals surface area contributed by atoms with E-state index in [0.29, 0.717) is 5.91 Å². The molecule has 0 atom stereocenters. The van der Waals surface area contributed by atoms with Crippen LogP contribution in [0.1, 0.15) is 50.9 Å². The number of carbonyl (C=O) groups excluding carboxylic acids is 1. The summed E-state index contributed by atoms with van der Waals surface area (Å²) < 4.78 is 2.09. The first-order valence-electron chi connectivity index (χ1n) is 9.57. The summed E-state index contributed by atoms with van der Waals surface area (Å²) in [5, 5.41) is 4.53. The topological polar surface area (TPSA) is 41.4 Å². The summed E-state index contributed by atoms with van der Waals surface area (Å²) in [4.78, 5) is 17.3. The van der Waals surface area contributed by atoms with Gasteiger partial charge in [0.2, 0.25) is 5.91 Å². The van der Waals surface area contributed by atoms with Crippen LogP contribution in [0.3, 0.4) is 0 Å². The molecule has 1 aliphatic heterocycles. The molecule has 2 heterocycles. The van der Waals surface area contributed by atoms with Crippen LogP contribution in [0.4, 0.5) is 0 Å². The highest BCUT2D eigenvalue weighted by Crippen LogP contribution is 2.18. The van der Waals surface area contributed by atoms with Crippen molar-refractivity contribution in [3.05, 3.63) is 17.5 Å². The van der Waals surface area contributed by atoms with Gasteiger partial charge in [-0.15, -0.1) is 0 Å². The molecule has 0 radical (unpaired) electrons. The number of aryl methyl sites for hydroxylation is 2. The van der Waals surface area contributed by atoms with Crippen LogP contribution < -0.4 is 0 Å². The normalized spacial score (nSPS) is 16.1. The third kappa shape index (κ3) is 5.07. The lowest BCUT2D eigenvalue weighted by Gasteiger charge is -2.36. The second-order valence-corrected chi connectivity index (χ2v) is 7.09. The van der Waals surface area contributed by atoms with Gasteiger partial charge in [-0.1, -0.05) is 26.7 Å². The number of piperazine rings is 1. The van der Waals surface area contributed by atoms with E-state index in [9.17, 15) is 4.79 Å². The van der Waals surface area contributed by atoms with Crippen LogP contribution >= 0.6 is 0 Å². The van der Waals surface area contributed by atoms with Crippen molar-refractivity contribution in [1.82, 2.24) is 19.6 Å². The third-order valence-corrected chi connectivity index (χ3v) is 5.04. The highest BCUT2D eigenvalue weighted by molar-refractivity contribution is 5.78. The fourth-order valence-electron chi connectivity index (χ4n) is 3.68. The van der Waals surface area contributed by atoms with Crippen LogP contribution in [-0.4, -0.2) is 58.2 Å². The van der Waals surface area contributed by atoms with Gasteiger partial charge < -0.3 is 4.90 Å². The second kappa shape index (κ2) is 9.21. The highest BCUT2D eigenvalue weighted by Gasteiger charge is 2.26. The van der Waals surface area contributed by atoms with Crippen molar-refractivity contribution in [3.8, 4) is 0 Å². The largest absolute Gasteiger partial charge is 0.340 e. The number of carbonyl (C=O) groups is 1. The van der Waals surface area contributed by atoms with E-state index in [-0.39, 0.29) is 5.92 Å². The zero-order valence-electron chi connectivity index (χ0n) is 15.9. The fourth-order valence-corrected chi connectivity index (χ4v) is 3.68. The van der Waals surface area contributed by atoms with Gasteiger partial charge in [-0.2, -0.15) is 5.10 Å².